The van der Waals surface area contributed by atoms with Crippen molar-refractivity contribution in [2.75, 3.05) is 5.43 Å². The van der Waals surface area contributed by atoms with E-state index in [9.17, 15) is 5.11 Å². The number of anilines is 1. The van der Waals surface area contributed by atoms with Crippen LogP contribution >= 0.6 is 0 Å². The molecule has 0 aliphatic heterocycles. The molecule has 1 aromatic carbocycles. The minimum absolute atomic E-state index is 0.439. The van der Waals surface area contributed by atoms with Crippen molar-refractivity contribution in [3.8, 4) is 6.07 Å². The zero-order chi connectivity index (χ0) is 10.6. The number of nitrogens with one attached hydrogen (secondary N) is 1. The molecule has 5 N–H and O–H groups in total. The number of hydrogen-bond acceptors (Lipinski definition) is 5. The van der Waals surface area contributed by atoms with Gasteiger partial charge in [-0.2, -0.15) is 5.26 Å². The summed E-state index contributed by atoms with van der Waals surface area (Å²) in [5, 5.41) is 26.9. The third-order valence-corrected chi connectivity index (χ3v) is 1.83. The third kappa shape index (κ3) is 2.20. The van der Waals surface area contributed by atoms with Crippen LogP contribution in [0.4, 0.5) is 5.69 Å². The lowest BCUT2D eigenvalue weighted by Crippen LogP contribution is -2.16. The van der Waals surface area contributed by atoms with E-state index < -0.39 is 12.2 Å². The van der Waals surface area contributed by atoms with Gasteiger partial charge in [0, 0.05) is 5.69 Å². The Morgan fingerprint density at radius 1 is 1.43 bits per heavy atom. The average Bonchev–Trinajstić information content (AvgIpc) is 2.27. The molecular formula is C9H11N3O2. The van der Waals surface area contributed by atoms with Gasteiger partial charge in [-0.25, -0.2) is 0 Å². The van der Waals surface area contributed by atoms with Crippen molar-refractivity contribution in [2.24, 2.45) is 5.84 Å². The van der Waals surface area contributed by atoms with Gasteiger partial charge in [-0.1, -0.05) is 12.1 Å². The number of aliphatic hydroxyl groups is 2. The van der Waals surface area contributed by atoms with Crippen molar-refractivity contribution in [1.82, 2.24) is 0 Å². The number of nitrogen functional groups attached to an aromatic ring is 1. The van der Waals surface area contributed by atoms with Gasteiger partial charge >= 0.3 is 0 Å². The Morgan fingerprint density at radius 3 is 2.71 bits per heavy atom. The van der Waals surface area contributed by atoms with Crippen molar-refractivity contribution in [3.63, 3.8) is 0 Å². The van der Waals surface area contributed by atoms with Gasteiger partial charge in [0.1, 0.15) is 6.10 Å². The van der Waals surface area contributed by atoms with E-state index >= 15 is 0 Å². The van der Waals surface area contributed by atoms with Gasteiger partial charge in [0.15, 0.2) is 6.10 Å². The standard InChI is InChI=1S/C9H11N3O2/c10-5-8(13)9(14)6-2-1-3-7(4-6)12-11/h1-4,8-9,12-14H,11H2. The summed E-state index contributed by atoms with van der Waals surface area (Å²) in [5.41, 5.74) is 3.45. The molecule has 1 aromatic rings. The molecule has 0 saturated carbocycles. The van der Waals surface area contributed by atoms with Crippen molar-refractivity contribution in [2.45, 2.75) is 12.2 Å². The number of nitrogens with two attached hydrogens (primary N) is 1. The third-order valence-electron chi connectivity index (χ3n) is 1.83. The molecule has 0 fully saturated rings. The topological polar surface area (TPSA) is 102 Å². The van der Waals surface area contributed by atoms with Crippen molar-refractivity contribution in [1.29, 1.82) is 5.26 Å². The smallest absolute Gasteiger partial charge is 0.170 e. The first kappa shape index (κ1) is 10.5. The monoisotopic (exact) mass is 193 g/mol. The number of hydrazine groups is 1. The fourth-order valence-electron chi connectivity index (χ4n) is 1.07. The fraction of sp³-hybridized carbons (Fsp3) is 0.222. The molecule has 74 valence electrons. The number of nitriles is 1. The molecule has 0 saturated heterocycles. The van der Waals surface area contributed by atoms with Crippen LogP contribution in [0.5, 0.6) is 0 Å². The Morgan fingerprint density at radius 2 is 2.14 bits per heavy atom. The van der Waals surface area contributed by atoms with Crippen LogP contribution < -0.4 is 11.3 Å². The van der Waals surface area contributed by atoms with Gasteiger partial charge in [-0.3, -0.25) is 5.84 Å². The second kappa shape index (κ2) is 4.58. The summed E-state index contributed by atoms with van der Waals surface area (Å²) in [7, 11) is 0. The predicted molar refractivity (Wildman–Crippen MR) is 50.8 cm³/mol. The lowest BCUT2D eigenvalue weighted by Gasteiger charge is -2.12. The van der Waals surface area contributed by atoms with E-state index in [0.29, 0.717) is 11.3 Å². The molecule has 14 heavy (non-hydrogen) atoms. The van der Waals surface area contributed by atoms with Gasteiger partial charge < -0.3 is 15.6 Å². The van der Waals surface area contributed by atoms with Gasteiger partial charge in [-0.05, 0) is 17.7 Å². The Kier molecular flexibility index (Phi) is 3.42. The number of aliphatic hydroxyl groups excluding tert-OH is 2. The van der Waals surface area contributed by atoms with Crippen LogP contribution in [0.15, 0.2) is 24.3 Å². The van der Waals surface area contributed by atoms with Crippen molar-refractivity contribution in [3.05, 3.63) is 29.8 Å². The largest absolute Gasteiger partial charge is 0.385 e. The molecule has 0 spiro atoms. The molecule has 2 atom stereocenters. The maximum Gasteiger partial charge on any atom is 0.170 e. The summed E-state index contributed by atoms with van der Waals surface area (Å²) in [6.45, 7) is 0. The molecule has 0 aliphatic carbocycles. The maximum absolute atomic E-state index is 9.47. The molecule has 0 heterocycles. The fourth-order valence-corrected chi connectivity index (χ4v) is 1.07. The lowest BCUT2D eigenvalue weighted by atomic mass is 10.0. The molecule has 0 aromatic heterocycles. The Hall–Kier alpha value is -1.61. The van der Waals surface area contributed by atoms with E-state index in [1.54, 1.807) is 30.3 Å². The highest BCUT2D eigenvalue weighted by molar-refractivity contribution is 5.45. The number of rotatable bonds is 3. The Bertz CT molecular complexity index is 348. The summed E-state index contributed by atoms with van der Waals surface area (Å²) < 4.78 is 0. The highest BCUT2D eigenvalue weighted by atomic mass is 16.3. The summed E-state index contributed by atoms with van der Waals surface area (Å²) >= 11 is 0. The quantitative estimate of drug-likeness (QED) is 0.305. The molecular weight excluding hydrogens is 182 g/mol. The minimum Gasteiger partial charge on any atom is -0.385 e. The van der Waals surface area contributed by atoms with Crippen LogP contribution in [0.25, 0.3) is 0 Å². The van der Waals surface area contributed by atoms with Gasteiger partial charge in [0.05, 0.1) is 6.07 Å². The van der Waals surface area contributed by atoms with E-state index in [0.717, 1.165) is 0 Å². The Labute approximate surface area is 81.4 Å². The second-order valence-electron chi connectivity index (χ2n) is 2.79. The van der Waals surface area contributed by atoms with E-state index in [4.69, 9.17) is 16.2 Å². The van der Waals surface area contributed by atoms with Crippen molar-refractivity contribution >= 4 is 5.69 Å². The SMILES string of the molecule is N#CC(O)C(O)c1cccc(NN)c1. The van der Waals surface area contributed by atoms with Crippen LogP contribution in [0.3, 0.4) is 0 Å². The number of hydrogen-bond donors (Lipinski definition) is 4. The van der Waals surface area contributed by atoms with Crippen molar-refractivity contribution < 1.29 is 10.2 Å². The molecule has 0 bridgehead atoms. The molecule has 0 radical (unpaired) electrons. The minimum atomic E-state index is -1.43. The zero-order valence-electron chi connectivity index (χ0n) is 7.38. The van der Waals surface area contributed by atoms with E-state index in [2.05, 4.69) is 5.43 Å². The van der Waals surface area contributed by atoms with Crippen LogP contribution in [0, 0.1) is 11.3 Å². The van der Waals surface area contributed by atoms with Crippen LogP contribution in [0.2, 0.25) is 0 Å². The molecule has 1 rings (SSSR count). The molecule has 5 heteroatoms. The van der Waals surface area contributed by atoms with E-state index in [1.165, 1.54) is 0 Å². The molecule has 0 amide bonds. The first-order valence-corrected chi connectivity index (χ1v) is 4.01. The van der Waals surface area contributed by atoms with Crippen LogP contribution in [-0.4, -0.2) is 16.3 Å². The van der Waals surface area contributed by atoms with Crippen LogP contribution in [-0.2, 0) is 0 Å². The highest BCUT2D eigenvalue weighted by Crippen LogP contribution is 2.19. The average molecular weight is 193 g/mol. The zero-order valence-corrected chi connectivity index (χ0v) is 7.38. The highest BCUT2D eigenvalue weighted by Gasteiger charge is 2.17. The summed E-state index contributed by atoms with van der Waals surface area (Å²) in [4.78, 5) is 0. The normalized spacial score (nSPS) is 14.1. The van der Waals surface area contributed by atoms with Gasteiger partial charge in [0.2, 0.25) is 0 Å². The Balaban J connectivity index is 2.90. The summed E-state index contributed by atoms with van der Waals surface area (Å²) in [5.74, 6) is 5.17. The first-order valence-electron chi connectivity index (χ1n) is 4.01. The lowest BCUT2D eigenvalue weighted by molar-refractivity contribution is 0.0528. The van der Waals surface area contributed by atoms with E-state index in [1.807, 2.05) is 0 Å². The molecule has 0 aliphatic rings. The first-order chi connectivity index (χ1) is 6.69. The predicted octanol–water partition coefficient (Wildman–Crippen LogP) is -0.110. The van der Waals surface area contributed by atoms with E-state index in [-0.39, 0.29) is 0 Å². The second-order valence-corrected chi connectivity index (χ2v) is 2.79. The number of benzene rings is 1. The maximum atomic E-state index is 9.47. The molecule has 5 nitrogen and oxygen atoms in total. The number of nitrogens with zero attached hydrogens (tertiary/aromatic N) is 1. The van der Waals surface area contributed by atoms with Crippen LogP contribution in [0.1, 0.15) is 11.7 Å². The van der Waals surface area contributed by atoms with Gasteiger partial charge in [-0.15, -0.1) is 0 Å². The van der Waals surface area contributed by atoms with Gasteiger partial charge in [0.25, 0.3) is 0 Å². The summed E-state index contributed by atoms with van der Waals surface area (Å²) in [6.07, 6.45) is -2.64. The summed E-state index contributed by atoms with van der Waals surface area (Å²) in [6, 6.07) is 8.09. The molecule has 2 unspecified atom stereocenters.